The molecule has 5 nitrogen and oxygen atoms in total. The van der Waals surface area contributed by atoms with E-state index < -0.39 is 0 Å². The molecule has 0 aliphatic carbocycles. The topological polar surface area (TPSA) is 50.8 Å². The third-order valence-electron chi connectivity index (χ3n) is 3.96. The predicted octanol–water partition coefficient (Wildman–Crippen LogP) is 3.57. The number of carbonyl (C=O) groups is 1. The van der Waals surface area contributed by atoms with Gasteiger partial charge in [-0.15, -0.1) is 0 Å². The molecule has 0 radical (unpaired) electrons. The smallest absolute Gasteiger partial charge is 0.238 e. The lowest BCUT2D eigenvalue weighted by atomic mass is 10.2. The fourth-order valence-corrected chi connectivity index (χ4v) is 2.78. The van der Waals surface area contributed by atoms with E-state index in [0.717, 1.165) is 12.1 Å². The van der Waals surface area contributed by atoms with E-state index in [1.807, 2.05) is 43.3 Å². The van der Waals surface area contributed by atoms with Gasteiger partial charge in [-0.2, -0.15) is 0 Å². The minimum Gasteiger partial charge on any atom is -0.486 e. The highest BCUT2D eigenvalue weighted by Gasteiger charge is 2.14. The molecule has 0 unspecified atom stereocenters. The molecular formula is C19H21ClN2O3. The molecule has 1 amide bonds. The van der Waals surface area contributed by atoms with Gasteiger partial charge in [-0.3, -0.25) is 9.69 Å². The van der Waals surface area contributed by atoms with Gasteiger partial charge in [0, 0.05) is 23.3 Å². The minimum absolute atomic E-state index is 0.0625. The van der Waals surface area contributed by atoms with Crippen LogP contribution in [-0.2, 0) is 11.3 Å². The quantitative estimate of drug-likeness (QED) is 0.855. The van der Waals surface area contributed by atoms with E-state index in [0.29, 0.717) is 48.5 Å². The van der Waals surface area contributed by atoms with E-state index in [1.165, 1.54) is 0 Å². The monoisotopic (exact) mass is 360 g/mol. The van der Waals surface area contributed by atoms with Gasteiger partial charge in [0.25, 0.3) is 0 Å². The zero-order valence-corrected chi connectivity index (χ0v) is 14.9. The van der Waals surface area contributed by atoms with Crippen molar-refractivity contribution in [2.24, 2.45) is 0 Å². The summed E-state index contributed by atoms with van der Waals surface area (Å²) in [6.45, 7) is 4.89. The molecule has 132 valence electrons. The summed E-state index contributed by atoms with van der Waals surface area (Å²) >= 11 is 5.91. The van der Waals surface area contributed by atoms with Crippen LogP contribution in [0.25, 0.3) is 0 Å². The molecule has 0 atom stereocenters. The van der Waals surface area contributed by atoms with E-state index in [1.54, 1.807) is 6.07 Å². The zero-order valence-electron chi connectivity index (χ0n) is 14.1. The van der Waals surface area contributed by atoms with Crippen molar-refractivity contribution >= 4 is 23.2 Å². The van der Waals surface area contributed by atoms with E-state index >= 15 is 0 Å². The van der Waals surface area contributed by atoms with Crippen LogP contribution < -0.4 is 14.8 Å². The molecule has 2 aromatic rings. The molecular weight excluding hydrogens is 340 g/mol. The number of fused-ring (bicyclic) bond motifs is 1. The summed E-state index contributed by atoms with van der Waals surface area (Å²) < 4.78 is 11.0. The lowest BCUT2D eigenvalue weighted by Crippen LogP contribution is -2.32. The normalized spacial score (nSPS) is 12.9. The average molecular weight is 361 g/mol. The number of nitrogens with one attached hydrogen (secondary N) is 1. The molecule has 0 saturated heterocycles. The Hall–Kier alpha value is -2.24. The van der Waals surface area contributed by atoms with Gasteiger partial charge in [0.1, 0.15) is 13.2 Å². The molecule has 2 aromatic carbocycles. The minimum atomic E-state index is -0.0625. The van der Waals surface area contributed by atoms with Gasteiger partial charge in [0.05, 0.1) is 6.54 Å². The lowest BCUT2D eigenvalue weighted by molar-refractivity contribution is -0.117. The number of nitrogens with zero attached hydrogens (tertiary/aromatic N) is 1. The van der Waals surface area contributed by atoms with Crippen molar-refractivity contribution in [1.29, 1.82) is 0 Å². The Morgan fingerprint density at radius 1 is 1.12 bits per heavy atom. The molecule has 0 saturated carbocycles. The number of halogens is 1. The Balaban J connectivity index is 1.57. The van der Waals surface area contributed by atoms with Crippen molar-refractivity contribution in [3.63, 3.8) is 0 Å². The van der Waals surface area contributed by atoms with E-state index in [-0.39, 0.29) is 5.91 Å². The molecule has 0 bridgehead atoms. The standard InChI is InChI=1S/C19H21ClN2O3/c1-2-22(12-14-3-5-15(20)6-4-14)13-19(23)21-16-7-8-17-18(11-16)25-10-9-24-17/h3-8,11H,2,9-10,12-13H2,1H3,(H,21,23). The summed E-state index contributed by atoms with van der Waals surface area (Å²) in [6.07, 6.45) is 0. The highest BCUT2D eigenvalue weighted by molar-refractivity contribution is 6.30. The first kappa shape index (κ1) is 17.6. The van der Waals surface area contributed by atoms with Crippen molar-refractivity contribution in [2.45, 2.75) is 13.5 Å². The number of ether oxygens (including phenoxy) is 2. The van der Waals surface area contributed by atoms with Crippen LogP contribution in [0.2, 0.25) is 5.02 Å². The van der Waals surface area contributed by atoms with Crippen LogP contribution in [0.5, 0.6) is 11.5 Å². The summed E-state index contributed by atoms with van der Waals surface area (Å²) in [5.74, 6) is 1.31. The molecule has 0 aromatic heterocycles. The molecule has 1 N–H and O–H groups in total. The Labute approximate surface area is 152 Å². The van der Waals surface area contributed by atoms with E-state index in [2.05, 4.69) is 10.2 Å². The number of carbonyl (C=O) groups excluding carboxylic acids is 1. The van der Waals surface area contributed by atoms with Crippen molar-refractivity contribution in [2.75, 3.05) is 31.6 Å². The fraction of sp³-hybridized carbons (Fsp3) is 0.316. The number of benzene rings is 2. The summed E-state index contributed by atoms with van der Waals surface area (Å²) in [7, 11) is 0. The molecule has 25 heavy (non-hydrogen) atoms. The van der Waals surface area contributed by atoms with Gasteiger partial charge in [-0.05, 0) is 36.4 Å². The van der Waals surface area contributed by atoms with Crippen LogP contribution in [0, 0.1) is 0 Å². The summed E-state index contributed by atoms with van der Waals surface area (Å²) in [6, 6.07) is 13.1. The van der Waals surface area contributed by atoms with E-state index in [9.17, 15) is 4.79 Å². The second-order valence-electron chi connectivity index (χ2n) is 5.84. The van der Waals surface area contributed by atoms with Gasteiger partial charge in [-0.1, -0.05) is 30.7 Å². The molecule has 0 fully saturated rings. The number of hydrogen-bond donors (Lipinski definition) is 1. The third kappa shape index (κ3) is 4.87. The van der Waals surface area contributed by atoms with Crippen LogP contribution >= 0.6 is 11.6 Å². The van der Waals surface area contributed by atoms with Crippen LogP contribution in [0.15, 0.2) is 42.5 Å². The maximum absolute atomic E-state index is 12.3. The number of anilines is 1. The van der Waals surface area contributed by atoms with Gasteiger partial charge in [0.15, 0.2) is 11.5 Å². The number of likely N-dealkylation sites (N-methyl/N-ethyl adjacent to an activating group) is 1. The summed E-state index contributed by atoms with van der Waals surface area (Å²) in [5, 5.41) is 3.63. The Bertz CT molecular complexity index is 734. The average Bonchev–Trinajstić information content (AvgIpc) is 2.63. The first-order valence-electron chi connectivity index (χ1n) is 8.30. The van der Waals surface area contributed by atoms with Crippen molar-refractivity contribution in [3.05, 3.63) is 53.1 Å². The molecule has 1 heterocycles. The van der Waals surface area contributed by atoms with Crippen molar-refractivity contribution < 1.29 is 14.3 Å². The number of rotatable bonds is 6. The van der Waals surface area contributed by atoms with Crippen LogP contribution in [0.1, 0.15) is 12.5 Å². The Morgan fingerprint density at radius 3 is 2.56 bits per heavy atom. The van der Waals surface area contributed by atoms with Crippen LogP contribution in [0.3, 0.4) is 0 Å². The SMILES string of the molecule is CCN(CC(=O)Nc1ccc2c(c1)OCCO2)Cc1ccc(Cl)cc1. The highest BCUT2D eigenvalue weighted by Crippen LogP contribution is 2.32. The predicted molar refractivity (Wildman–Crippen MR) is 98.5 cm³/mol. The maximum atomic E-state index is 12.3. The Kier molecular flexibility index (Phi) is 5.79. The zero-order chi connectivity index (χ0) is 17.6. The number of amides is 1. The van der Waals surface area contributed by atoms with Gasteiger partial charge in [-0.25, -0.2) is 0 Å². The molecule has 1 aliphatic rings. The molecule has 1 aliphatic heterocycles. The lowest BCUT2D eigenvalue weighted by Gasteiger charge is -2.21. The molecule has 3 rings (SSSR count). The van der Waals surface area contributed by atoms with E-state index in [4.69, 9.17) is 21.1 Å². The maximum Gasteiger partial charge on any atom is 0.238 e. The third-order valence-corrected chi connectivity index (χ3v) is 4.21. The first-order valence-corrected chi connectivity index (χ1v) is 8.68. The summed E-state index contributed by atoms with van der Waals surface area (Å²) in [4.78, 5) is 14.4. The van der Waals surface area contributed by atoms with Gasteiger partial charge >= 0.3 is 0 Å². The second kappa shape index (κ2) is 8.23. The largest absolute Gasteiger partial charge is 0.486 e. The first-order chi connectivity index (χ1) is 12.1. The van der Waals surface area contributed by atoms with Crippen molar-refractivity contribution in [3.8, 4) is 11.5 Å². The second-order valence-corrected chi connectivity index (χ2v) is 6.27. The fourth-order valence-electron chi connectivity index (χ4n) is 2.65. The Morgan fingerprint density at radius 2 is 1.84 bits per heavy atom. The van der Waals surface area contributed by atoms with Crippen molar-refractivity contribution in [1.82, 2.24) is 4.90 Å². The van der Waals surface area contributed by atoms with Crippen LogP contribution in [0.4, 0.5) is 5.69 Å². The van der Waals surface area contributed by atoms with Gasteiger partial charge < -0.3 is 14.8 Å². The molecule has 0 spiro atoms. The highest BCUT2D eigenvalue weighted by atomic mass is 35.5. The van der Waals surface area contributed by atoms with Crippen LogP contribution in [-0.4, -0.2) is 37.1 Å². The molecule has 6 heteroatoms. The van der Waals surface area contributed by atoms with Gasteiger partial charge in [0.2, 0.25) is 5.91 Å². The number of hydrogen-bond acceptors (Lipinski definition) is 4. The summed E-state index contributed by atoms with van der Waals surface area (Å²) in [5.41, 5.74) is 1.83.